The number of ether oxygens (including phenoxy) is 1. The van der Waals surface area contributed by atoms with Gasteiger partial charge in [-0.2, -0.15) is 0 Å². The van der Waals surface area contributed by atoms with E-state index in [1.807, 2.05) is 6.92 Å². The molecule has 0 amide bonds. The van der Waals surface area contributed by atoms with Crippen molar-refractivity contribution in [2.75, 3.05) is 13.7 Å². The number of halogens is 1. The molecule has 2 N–H and O–H groups in total. The number of rotatable bonds is 3. The number of aryl methyl sites for hydroxylation is 1. The van der Waals surface area contributed by atoms with Crippen molar-refractivity contribution in [1.82, 2.24) is 0 Å². The van der Waals surface area contributed by atoms with Gasteiger partial charge in [-0.15, -0.1) is 0 Å². The maximum atomic E-state index is 13.8. The van der Waals surface area contributed by atoms with Crippen molar-refractivity contribution < 1.29 is 9.13 Å². The molecule has 2 nitrogen and oxygen atoms in total. The molecule has 0 aliphatic heterocycles. The molecule has 2 rings (SSSR count). The zero-order valence-corrected chi connectivity index (χ0v) is 9.14. The Hall–Kier alpha value is -1.09. The largest absolute Gasteiger partial charge is 0.496 e. The third-order valence-corrected chi connectivity index (χ3v) is 3.30. The van der Waals surface area contributed by atoms with E-state index in [2.05, 4.69) is 0 Å². The summed E-state index contributed by atoms with van der Waals surface area (Å²) < 4.78 is 19.0. The molecule has 0 bridgehead atoms. The van der Waals surface area contributed by atoms with Crippen molar-refractivity contribution >= 4 is 0 Å². The van der Waals surface area contributed by atoms with Gasteiger partial charge in [-0.1, -0.05) is 0 Å². The zero-order chi connectivity index (χ0) is 11.1. The molecule has 1 fully saturated rings. The monoisotopic (exact) mass is 209 g/mol. The van der Waals surface area contributed by atoms with Gasteiger partial charge in [-0.05, 0) is 43.0 Å². The van der Waals surface area contributed by atoms with Crippen LogP contribution in [0.5, 0.6) is 5.75 Å². The summed E-state index contributed by atoms with van der Waals surface area (Å²) in [6.45, 7) is 2.35. The summed E-state index contributed by atoms with van der Waals surface area (Å²) >= 11 is 0. The molecule has 1 aliphatic rings. The molecule has 15 heavy (non-hydrogen) atoms. The van der Waals surface area contributed by atoms with Crippen LogP contribution in [-0.4, -0.2) is 13.7 Å². The summed E-state index contributed by atoms with van der Waals surface area (Å²) in [5.41, 5.74) is 7.11. The van der Waals surface area contributed by atoms with Crippen molar-refractivity contribution in [3.8, 4) is 5.75 Å². The first-order chi connectivity index (χ1) is 7.13. The van der Waals surface area contributed by atoms with E-state index in [1.54, 1.807) is 13.2 Å². The van der Waals surface area contributed by atoms with Crippen LogP contribution < -0.4 is 10.5 Å². The Balaban J connectivity index is 2.47. The molecule has 1 aliphatic carbocycles. The van der Waals surface area contributed by atoms with E-state index in [9.17, 15) is 4.39 Å². The molecule has 0 radical (unpaired) electrons. The smallest absolute Gasteiger partial charge is 0.127 e. The summed E-state index contributed by atoms with van der Waals surface area (Å²) in [7, 11) is 1.60. The average Bonchev–Trinajstić information content (AvgIpc) is 2.99. The lowest BCUT2D eigenvalue weighted by molar-refractivity contribution is 0.408. The molecule has 1 aromatic rings. The fourth-order valence-electron chi connectivity index (χ4n) is 2.01. The fourth-order valence-corrected chi connectivity index (χ4v) is 2.01. The van der Waals surface area contributed by atoms with E-state index in [4.69, 9.17) is 10.5 Å². The Bertz CT molecular complexity index is 385. The SMILES string of the molecule is COc1cc(C2(CN)CC2)c(F)cc1C. The Morgan fingerprint density at radius 2 is 2.13 bits per heavy atom. The van der Waals surface area contributed by atoms with Gasteiger partial charge < -0.3 is 10.5 Å². The third kappa shape index (κ3) is 1.61. The van der Waals surface area contributed by atoms with Crippen molar-refractivity contribution in [2.45, 2.75) is 25.2 Å². The highest BCUT2D eigenvalue weighted by Gasteiger charge is 2.45. The highest BCUT2D eigenvalue weighted by molar-refractivity contribution is 5.43. The number of nitrogens with two attached hydrogens (primary N) is 1. The van der Waals surface area contributed by atoms with Crippen molar-refractivity contribution in [2.24, 2.45) is 5.73 Å². The van der Waals surface area contributed by atoms with Gasteiger partial charge in [0.2, 0.25) is 0 Å². The van der Waals surface area contributed by atoms with Crippen LogP contribution >= 0.6 is 0 Å². The molecule has 82 valence electrons. The number of hydrogen-bond acceptors (Lipinski definition) is 2. The number of hydrogen-bond donors (Lipinski definition) is 1. The Kier molecular flexibility index (Phi) is 2.43. The van der Waals surface area contributed by atoms with E-state index in [-0.39, 0.29) is 11.2 Å². The molecule has 1 aromatic carbocycles. The molecule has 0 spiro atoms. The average molecular weight is 209 g/mol. The van der Waals surface area contributed by atoms with Gasteiger partial charge in [-0.25, -0.2) is 4.39 Å². The molecule has 3 heteroatoms. The van der Waals surface area contributed by atoms with Gasteiger partial charge in [0.1, 0.15) is 11.6 Å². The van der Waals surface area contributed by atoms with E-state index >= 15 is 0 Å². The van der Waals surface area contributed by atoms with E-state index in [0.717, 1.165) is 24.2 Å². The topological polar surface area (TPSA) is 35.2 Å². The van der Waals surface area contributed by atoms with Crippen LogP contribution in [0.4, 0.5) is 4.39 Å². The van der Waals surface area contributed by atoms with Gasteiger partial charge in [0.05, 0.1) is 7.11 Å². The lowest BCUT2D eigenvalue weighted by atomic mass is 9.94. The van der Waals surface area contributed by atoms with E-state index in [0.29, 0.717) is 12.1 Å². The standard InChI is InChI=1S/C12H16FNO/c1-8-5-10(13)9(6-11(8)15-2)12(7-14)3-4-12/h5-6H,3-4,7,14H2,1-2H3. The van der Waals surface area contributed by atoms with Crippen LogP contribution in [0.2, 0.25) is 0 Å². The van der Waals surface area contributed by atoms with Crippen LogP contribution in [0.25, 0.3) is 0 Å². The molecule has 0 atom stereocenters. The van der Waals surface area contributed by atoms with Gasteiger partial charge in [0, 0.05) is 12.0 Å². The van der Waals surface area contributed by atoms with Crippen LogP contribution in [0.3, 0.4) is 0 Å². The predicted molar refractivity (Wildman–Crippen MR) is 57.7 cm³/mol. The molecule has 0 unspecified atom stereocenters. The Morgan fingerprint density at radius 3 is 2.60 bits per heavy atom. The Labute approximate surface area is 89.2 Å². The maximum absolute atomic E-state index is 13.8. The summed E-state index contributed by atoms with van der Waals surface area (Å²) in [4.78, 5) is 0. The predicted octanol–water partition coefficient (Wildman–Crippen LogP) is 2.13. The zero-order valence-electron chi connectivity index (χ0n) is 9.14. The quantitative estimate of drug-likeness (QED) is 0.827. The summed E-state index contributed by atoms with van der Waals surface area (Å²) in [6.07, 6.45) is 1.96. The molecule has 0 heterocycles. The summed E-state index contributed by atoms with van der Waals surface area (Å²) in [5.74, 6) is 0.586. The first kappa shape index (κ1) is 10.4. The van der Waals surface area contributed by atoms with Gasteiger partial charge >= 0.3 is 0 Å². The summed E-state index contributed by atoms with van der Waals surface area (Å²) in [6, 6.07) is 3.33. The highest BCUT2D eigenvalue weighted by atomic mass is 19.1. The number of benzene rings is 1. The lowest BCUT2D eigenvalue weighted by Crippen LogP contribution is -2.21. The highest BCUT2D eigenvalue weighted by Crippen LogP contribution is 2.49. The minimum absolute atomic E-state index is 0.120. The van der Waals surface area contributed by atoms with Crippen molar-refractivity contribution in [3.05, 3.63) is 29.1 Å². The van der Waals surface area contributed by atoms with Crippen LogP contribution in [0, 0.1) is 12.7 Å². The first-order valence-electron chi connectivity index (χ1n) is 5.17. The molecule has 1 saturated carbocycles. The van der Waals surface area contributed by atoms with Gasteiger partial charge in [0.15, 0.2) is 0 Å². The second-order valence-electron chi connectivity index (χ2n) is 4.29. The first-order valence-corrected chi connectivity index (χ1v) is 5.17. The fraction of sp³-hybridized carbons (Fsp3) is 0.500. The second kappa shape index (κ2) is 3.49. The third-order valence-electron chi connectivity index (χ3n) is 3.30. The van der Waals surface area contributed by atoms with E-state index < -0.39 is 0 Å². The van der Waals surface area contributed by atoms with Gasteiger partial charge in [0.25, 0.3) is 0 Å². The van der Waals surface area contributed by atoms with Crippen molar-refractivity contribution in [1.29, 1.82) is 0 Å². The molecular weight excluding hydrogens is 193 g/mol. The normalized spacial score (nSPS) is 17.6. The minimum atomic E-state index is -0.156. The second-order valence-corrected chi connectivity index (χ2v) is 4.29. The summed E-state index contributed by atoms with van der Waals surface area (Å²) in [5, 5.41) is 0. The van der Waals surface area contributed by atoms with Gasteiger partial charge in [-0.3, -0.25) is 0 Å². The molecule has 0 aromatic heterocycles. The lowest BCUT2D eigenvalue weighted by Gasteiger charge is -2.16. The van der Waals surface area contributed by atoms with E-state index in [1.165, 1.54) is 6.07 Å². The van der Waals surface area contributed by atoms with Crippen LogP contribution in [0.1, 0.15) is 24.0 Å². The molecular formula is C12H16FNO. The molecule has 0 saturated heterocycles. The van der Waals surface area contributed by atoms with Crippen molar-refractivity contribution in [3.63, 3.8) is 0 Å². The Morgan fingerprint density at radius 1 is 1.47 bits per heavy atom. The number of methoxy groups -OCH3 is 1. The van der Waals surface area contributed by atoms with Crippen LogP contribution in [0.15, 0.2) is 12.1 Å². The maximum Gasteiger partial charge on any atom is 0.127 e. The van der Waals surface area contributed by atoms with Crippen LogP contribution in [-0.2, 0) is 5.41 Å². The minimum Gasteiger partial charge on any atom is -0.496 e.